The average molecular weight is 271 g/mol. The number of halogens is 1. The van der Waals surface area contributed by atoms with Crippen molar-refractivity contribution in [3.63, 3.8) is 0 Å². The number of fused-ring (bicyclic) bond motifs is 1. The Balaban J connectivity index is 2.04. The van der Waals surface area contributed by atoms with Crippen LogP contribution in [-0.4, -0.2) is 11.9 Å². The largest absolute Gasteiger partial charge is 0.477 e. The minimum absolute atomic E-state index is 0.357. The molecule has 1 unspecified atom stereocenters. The average Bonchev–Trinajstić information content (AvgIpc) is 2.46. The van der Waals surface area contributed by atoms with E-state index in [9.17, 15) is 0 Å². The van der Waals surface area contributed by atoms with E-state index in [1.165, 1.54) is 6.21 Å². The number of hydrogen-bond donors (Lipinski definition) is 1. The predicted octanol–water partition coefficient (Wildman–Crippen LogP) is 4.20. The third kappa shape index (κ3) is 2.25. The maximum absolute atomic E-state index is 7.50. The van der Waals surface area contributed by atoms with Gasteiger partial charge in [-0.25, -0.2) is 4.99 Å². The Morgan fingerprint density at radius 3 is 2.58 bits per heavy atom. The van der Waals surface area contributed by atoms with Crippen LogP contribution in [-0.2, 0) is 0 Å². The number of rotatable bonds is 2. The zero-order valence-electron chi connectivity index (χ0n) is 10.0. The van der Waals surface area contributed by atoms with Crippen molar-refractivity contribution in [2.24, 2.45) is 4.99 Å². The molecule has 0 amide bonds. The summed E-state index contributed by atoms with van der Waals surface area (Å²) in [7, 11) is 0. The number of nitrogens with one attached hydrogen (secondary N) is 1. The Labute approximate surface area is 116 Å². The zero-order valence-corrected chi connectivity index (χ0v) is 10.8. The van der Waals surface area contributed by atoms with Gasteiger partial charge in [-0.1, -0.05) is 35.9 Å². The van der Waals surface area contributed by atoms with Gasteiger partial charge in [-0.05, 0) is 29.8 Å². The highest BCUT2D eigenvalue weighted by atomic mass is 35.5. The summed E-state index contributed by atoms with van der Waals surface area (Å²) < 4.78 is 5.94. The lowest BCUT2D eigenvalue weighted by molar-refractivity contribution is 0.272. The molecule has 1 N–H and O–H groups in total. The molecule has 0 bridgehead atoms. The number of aliphatic imine (C=N–C) groups is 1. The molecule has 94 valence electrons. The van der Waals surface area contributed by atoms with E-state index >= 15 is 0 Å². The molecule has 0 saturated heterocycles. The SMILES string of the molecule is N=CC1=Nc2ccccc2OC1c1ccc(Cl)cc1. The first-order valence-corrected chi connectivity index (χ1v) is 6.26. The normalized spacial score (nSPS) is 17.1. The van der Waals surface area contributed by atoms with Gasteiger partial charge in [0.15, 0.2) is 6.10 Å². The molecule has 0 spiro atoms. The maximum atomic E-state index is 7.50. The van der Waals surface area contributed by atoms with E-state index in [1.807, 2.05) is 48.5 Å². The highest BCUT2D eigenvalue weighted by Gasteiger charge is 2.24. The molecular weight excluding hydrogens is 260 g/mol. The Kier molecular flexibility index (Phi) is 3.05. The molecule has 0 saturated carbocycles. The van der Waals surface area contributed by atoms with Gasteiger partial charge >= 0.3 is 0 Å². The smallest absolute Gasteiger partial charge is 0.167 e. The number of ether oxygens (including phenoxy) is 1. The van der Waals surface area contributed by atoms with Crippen LogP contribution in [0.1, 0.15) is 11.7 Å². The highest BCUT2D eigenvalue weighted by molar-refractivity contribution is 6.33. The van der Waals surface area contributed by atoms with Crippen LogP contribution in [0.25, 0.3) is 0 Å². The molecule has 3 rings (SSSR count). The van der Waals surface area contributed by atoms with Gasteiger partial charge in [-0.15, -0.1) is 0 Å². The lowest BCUT2D eigenvalue weighted by atomic mass is 10.0. The third-order valence-electron chi connectivity index (χ3n) is 2.95. The zero-order chi connectivity index (χ0) is 13.2. The van der Waals surface area contributed by atoms with Crippen molar-refractivity contribution < 1.29 is 4.74 Å². The summed E-state index contributed by atoms with van der Waals surface area (Å²) in [6.45, 7) is 0. The number of nitrogens with zero attached hydrogens (tertiary/aromatic N) is 1. The van der Waals surface area contributed by atoms with Crippen LogP contribution in [0.15, 0.2) is 53.5 Å². The van der Waals surface area contributed by atoms with Gasteiger partial charge in [0.2, 0.25) is 0 Å². The van der Waals surface area contributed by atoms with Crippen LogP contribution in [0.3, 0.4) is 0 Å². The van der Waals surface area contributed by atoms with E-state index in [0.29, 0.717) is 10.7 Å². The monoisotopic (exact) mass is 270 g/mol. The van der Waals surface area contributed by atoms with Crippen LogP contribution in [0.4, 0.5) is 5.69 Å². The second-order valence-electron chi connectivity index (χ2n) is 4.20. The van der Waals surface area contributed by atoms with E-state index in [0.717, 1.165) is 17.0 Å². The van der Waals surface area contributed by atoms with Crippen molar-refractivity contribution in [1.29, 1.82) is 5.41 Å². The quantitative estimate of drug-likeness (QED) is 0.817. The van der Waals surface area contributed by atoms with Gasteiger partial charge in [-0.2, -0.15) is 0 Å². The fourth-order valence-electron chi connectivity index (χ4n) is 2.02. The summed E-state index contributed by atoms with van der Waals surface area (Å²) in [6, 6.07) is 14.9. The van der Waals surface area contributed by atoms with E-state index in [1.54, 1.807) is 0 Å². The lowest BCUT2D eigenvalue weighted by Crippen LogP contribution is -2.22. The third-order valence-corrected chi connectivity index (χ3v) is 3.20. The summed E-state index contributed by atoms with van der Waals surface area (Å²) in [5, 5.41) is 8.17. The second kappa shape index (κ2) is 4.86. The molecule has 1 aliphatic heterocycles. The fourth-order valence-corrected chi connectivity index (χ4v) is 2.14. The van der Waals surface area contributed by atoms with Crippen LogP contribution in [0.2, 0.25) is 5.02 Å². The molecular formula is C15H11ClN2O. The maximum Gasteiger partial charge on any atom is 0.167 e. The molecule has 2 aromatic carbocycles. The molecule has 19 heavy (non-hydrogen) atoms. The fraction of sp³-hybridized carbons (Fsp3) is 0.0667. The Hall–Kier alpha value is -2.13. The van der Waals surface area contributed by atoms with E-state index in [4.69, 9.17) is 21.7 Å². The lowest BCUT2D eigenvalue weighted by Gasteiger charge is -2.24. The van der Waals surface area contributed by atoms with Crippen molar-refractivity contribution >= 4 is 29.2 Å². The van der Waals surface area contributed by atoms with Gasteiger partial charge < -0.3 is 10.1 Å². The summed E-state index contributed by atoms with van der Waals surface area (Å²) in [5.41, 5.74) is 2.27. The van der Waals surface area contributed by atoms with E-state index < -0.39 is 0 Å². The van der Waals surface area contributed by atoms with Gasteiger partial charge in [0.05, 0.1) is 0 Å². The standard InChI is InChI=1S/C15H11ClN2O/c16-11-7-5-10(6-8-11)15-13(9-17)18-12-3-1-2-4-14(12)19-15/h1-9,15,17H. The summed E-state index contributed by atoms with van der Waals surface area (Å²) in [4.78, 5) is 4.46. The summed E-state index contributed by atoms with van der Waals surface area (Å²) >= 11 is 5.89. The van der Waals surface area contributed by atoms with Gasteiger partial charge in [-0.3, -0.25) is 0 Å². The first kappa shape index (κ1) is 11.9. The molecule has 0 aromatic heterocycles. The molecule has 0 radical (unpaired) electrons. The number of para-hydroxylation sites is 2. The van der Waals surface area contributed by atoms with Crippen molar-refractivity contribution in [3.05, 3.63) is 59.1 Å². The second-order valence-corrected chi connectivity index (χ2v) is 4.63. The van der Waals surface area contributed by atoms with E-state index in [2.05, 4.69) is 4.99 Å². The molecule has 1 heterocycles. The summed E-state index contributed by atoms with van der Waals surface area (Å²) in [6.07, 6.45) is 0.875. The molecule has 1 aliphatic rings. The van der Waals surface area contributed by atoms with Crippen molar-refractivity contribution in [2.45, 2.75) is 6.10 Å². The Morgan fingerprint density at radius 1 is 1.11 bits per heavy atom. The topological polar surface area (TPSA) is 45.4 Å². The molecule has 0 aliphatic carbocycles. The highest BCUT2D eigenvalue weighted by Crippen LogP contribution is 2.36. The minimum Gasteiger partial charge on any atom is -0.477 e. The van der Waals surface area contributed by atoms with Gasteiger partial charge in [0.25, 0.3) is 0 Å². The van der Waals surface area contributed by atoms with Crippen LogP contribution in [0, 0.1) is 5.41 Å². The summed E-state index contributed by atoms with van der Waals surface area (Å²) in [5.74, 6) is 0.730. The van der Waals surface area contributed by atoms with Gasteiger partial charge in [0.1, 0.15) is 17.1 Å². The minimum atomic E-state index is -0.357. The van der Waals surface area contributed by atoms with Crippen molar-refractivity contribution in [1.82, 2.24) is 0 Å². The molecule has 0 fully saturated rings. The van der Waals surface area contributed by atoms with Crippen molar-refractivity contribution in [2.75, 3.05) is 0 Å². The van der Waals surface area contributed by atoms with Crippen LogP contribution >= 0.6 is 11.6 Å². The van der Waals surface area contributed by atoms with Gasteiger partial charge in [0, 0.05) is 11.2 Å². The molecule has 1 atom stereocenters. The number of hydrogen-bond acceptors (Lipinski definition) is 3. The molecule has 4 heteroatoms. The van der Waals surface area contributed by atoms with Crippen molar-refractivity contribution in [3.8, 4) is 5.75 Å². The predicted molar refractivity (Wildman–Crippen MR) is 77.1 cm³/mol. The van der Waals surface area contributed by atoms with Crippen LogP contribution < -0.4 is 4.74 Å². The first-order valence-electron chi connectivity index (χ1n) is 5.88. The Morgan fingerprint density at radius 2 is 1.84 bits per heavy atom. The van der Waals surface area contributed by atoms with Crippen LogP contribution in [0.5, 0.6) is 5.75 Å². The Bertz CT molecular complexity index is 649. The van der Waals surface area contributed by atoms with E-state index in [-0.39, 0.29) is 6.10 Å². The first-order chi connectivity index (χ1) is 9.28. The molecule has 3 nitrogen and oxygen atoms in total. The number of benzene rings is 2. The molecule has 2 aromatic rings.